The summed E-state index contributed by atoms with van der Waals surface area (Å²) in [6, 6.07) is 1.87. The second kappa shape index (κ2) is 6.99. The molecule has 1 N–H and O–H groups in total. The predicted octanol–water partition coefficient (Wildman–Crippen LogP) is 4.82. The summed E-state index contributed by atoms with van der Waals surface area (Å²) in [6.45, 7) is 1.97. The van der Waals surface area contributed by atoms with Gasteiger partial charge in [-0.1, -0.05) is 36.8 Å². The van der Waals surface area contributed by atoms with Crippen LogP contribution in [-0.4, -0.2) is 10.9 Å². The molecule has 25 heavy (non-hydrogen) atoms. The van der Waals surface area contributed by atoms with Gasteiger partial charge in [0.1, 0.15) is 0 Å². The summed E-state index contributed by atoms with van der Waals surface area (Å²) in [5.74, 6) is 2.64. The lowest BCUT2D eigenvalue weighted by atomic mass is 9.69. The lowest BCUT2D eigenvalue weighted by molar-refractivity contribution is -0.113. The van der Waals surface area contributed by atoms with Crippen molar-refractivity contribution in [3.05, 3.63) is 60.0 Å². The summed E-state index contributed by atoms with van der Waals surface area (Å²) in [7, 11) is 0. The predicted molar refractivity (Wildman–Crippen MR) is 101 cm³/mol. The quantitative estimate of drug-likeness (QED) is 0.842. The van der Waals surface area contributed by atoms with Gasteiger partial charge in [-0.15, -0.1) is 0 Å². The van der Waals surface area contributed by atoms with Crippen molar-refractivity contribution in [1.29, 1.82) is 0 Å². The summed E-state index contributed by atoms with van der Waals surface area (Å²) in [4.78, 5) is 16.8. The molecule has 3 heteroatoms. The zero-order chi connectivity index (χ0) is 17.2. The van der Waals surface area contributed by atoms with Crippen LogP contribution in [0.25, 0.3) is 0 Å². The molecule has 1 saturated carbocycles. The zero-order valence-corrected chi connectivity index (χ0v) is 14.8. The molecule has 4 atom stereocenters. The second-order valence-electron chi connectivity index (χ2n) is 7.64. The minimum atomic E-state index is 0.0626. The molecule has 0 radical (unpaired) electrons. The molecule has 1 amide bonds. The Balaban J connectivity index is 1.51. The number of carbonyl (C=O) groups is 1. The van der Waals surface area contributed by atoms with Gasteiger partial charge in [0.15, 0.2) is 0 Å². The highest BCUT2D eigenvalue weighted by Crippen LogP contribution is 2.45. The Hall–Kier alpha value is -2.16. The van der Waals surface area contributed by atoms with E-state index in [0.717, 1.165) is 29.7 Å². The summed E-state index contributed by atoms with van der Waals surface area (Å²) < 4.78 is 0. The van der Waals surface area contributed by atoms with Gasteiger partial charge in [0.2, 0.25) is 0 Å². The molecule has 3 aliphatic carbocycles. The molecule has 130 valence electrons. The van der Waals surface area contributed by atoms with Gasteiger partial charge < -0.3 is 5.32 Å². The Morgan fingerprint density at radius 2 is 2.00 bits per heavy atom. The van der Waals surface area contributed by atoms with Crippen molar-refractivity contribution in [3.8, 4) is 0 Å². The van der Waals surface area contributed by atoms with Crippen LogP contribution in [0.5, 0.6) is 0 Å². The highest BCUT2D eigenvalue weighted by molar-refractivity contribution is 6.04. The first-order valence-corrected chi connectivity index (χ1v) is 9.50. The second-order valence-corrected chi connectivity index (χ2v) is 7.64. The standard InChI is InChI=1S/C22H26N2O/c1-15-14-23-12-11-21(15)24-22(25)18-9-10-20-17(13-18)7-4-6-16-5-2-3-8-19(16)20/h2-3,5,8,11-14,16-17,19-20H,4,6-7,9-10H2,1H3,(H,23,24,25). The minimum Gasteiger partial charge on any atom is -0.322 e. The van der Waals surface area contributed by atoms with Crippen molar-refractivity contribution in [2.24, 2.45) is 23.7 Å². The molecule has 0 bridgehead atoms. The molecule has 1 aromatic rings. The third-order valence-corrected chi connectivity index (χ3v) is 6.14. The number of amides is 1. The first-order valence-electron chi connectivity index (χ1n) is 9.50. The summed E-state index contributed by atoms with van der Waals surface area (Å²) in [6.07, 6.45) is 20.8. The number of allylic oxidation sites excluding steroid dienone is 5. The molecule has 4 rings (SSSR count). The molecular formula is C22H26N2O. The lowest BCUT2D eigenvalue weighted by Gasteiger charge is -2.36. The zero-order valence-electron chi connectivity index (χ0n) is 14.8. The fourth-order valence-corrected chi connectivity index (χ4v) is 4.79. The molecule has 0 saturated heterocycles. The van der Waals surface area contributed by atoms with E-state index in [2.05, 4.69) is 40.7 Å². The van der Waals surface area contributed by atoms with Crippen LogP contribution in [0.4, 0.5) is 5.69 Å². The fourth-order valence-electron chi connectivity index (χ4n) is 4.79. The fraction of sp³-hybridized carbons (Fsp3) is 0.455. The number of pyridine rings is 1. The maximum absolute atomic E-state index is 12.7. The third-order valence-electron chi connectivity index (χ3n) is 6.14. The number of aryl methyl sites for hydroxylation is 1. The van der Waals surface area contributed by atoms with Crippen LogP contribution in [0.15, 0.2) is 54.4 Å². The number of fused-ring (bicyclic) bond motifs is 3. The molecule has 0 aromatic carbocycles. The van der Waals surface area contributed by atoms with Crippen molar-refractivity contribution >= 4 is 11.6 Å². The Kier molecular flexibility index (Phi) is 4.56. The average Bonchev–Trinajstić information content (AvgIpc) is 2.82. The third kappa shape index (κ3) is 3.33. The normalized spacial score (nSPS) is 30.7. The summed E-state index contributed by atoms with van der Waals surface area (Å²) in [5.41, 5.74) is 2.83. The maximum atomic E-state index is 12.7. The van der Waals surface area contributed by atoms with Crippen molar-refractivity contribution in [1.82, 2.24) is 4.98 Å². The number of hydrogen-bond donors (Lipinski definition) is 1. The monoisotopic (exact) mass is 334 g/mol. The van der Waals surface area contributed by atoms with E-state index in [1.807, 2.05) is 13.0 Å². The van der Waals surface area contributed by atoms with Crippen LogP contribution in [0.3, 0.4) is 0 Å². The van der Waals surface area contributed by atoms with Gasteiger partial charge in [0.25, 0.3) is 5.91 Å². The van der Waals surface area contributed by atoms with E-state index in [9.17, 15) is 4.79 Å². The van der Waals surface area contributed by atoms with Gasteiger partial charge in [-0.25, -0.2) is 0 Å². The number of carbonyl (C=O) groups excluding carboxylic acids is 1. The van der Waals surface area contributed by atoms with Crippen molar-refractivity contribution < 1.29 is 4.79 Å². The SMILES string of the molecule is Cc1cnccc1NC(=O)C1=CC2CCCC3C=CC=CC3C2CC1. The summed E-state index contributed by atoms with van der Waals surface area (Å²) >= 11 is 0. The molecule has 0 aliphatic heterocycles. The van der Waals surface area contributed by atoms with Gasteiger partial charge in [0, 0.05) is 23.7 Å². The number of anilines is 1. The molecular weight excluding hydrogens is 308 g/mol. The molecule has 1 heterocycles. The first-order chi connectivity index (χ1) is 12.2. The minimum absolute atomic E-state index is 0.0626. The summed E-state index contributed by atoms with van der Waals surface area (Å²) in [5, 5.41) is 3.07. The van der Waals surface area contributed by atoms with Gasteiger partial charge in [-0.3, -0.25) is 9.78 Å². The van der Waals surface area contributed by atoms with Gasteiger partial charge in [0.05, 0.1) is 0 Å². The largest absolute Gasteiger partial charge is 0.322 e. The van der Waals surface area contributed by atoms with Gasteiger partial charge in [-0.2, -0.15) is 0 Å². The van der Waals surface area contributed by atoms with Crippen LogP contribution in [0.2, 0.25) is 0 Å². The molecule has 1 fully saturated rings. The van der Waals surface area contributed by atoms with Crippen LogP contribution >= 0.6 is 0 Å². The Labute approximate surface area is 149 Å². The van der Waals surface area contributed by atoms with Gasteiger partial charge >= 0.3 is 0 Å². The van der Waals surface area contributed by atoms with Crippen LogP contribution < -0.4 is 5.32 Å². The van der Waals surface area contributed by atoms with E-state index in [1.54, 1.807) is 12.4 Å². The van der Waals surface area contributed by atoms with E-state index in [1.165, 1.54) is 19.3 Å². The van der Waals surface area contributed by atoms with Crippen LogP contribution in [-0.2, 0) is 4.79 Å². The number of rotatable bonds is 2. The Morgan fingerprint density at radius 3 is 2.88 bits per heavy atom. The topological polar surface area (TPSA) is 42.0 Å². The van der Waals surface area contributed by atoms with Crippen molar-refractivity contribution in [2.45, 2.75) is 39.0 Å². The highest BCUT2D eigenvalue weighted by Gasteiger charge is 2.37. The van der Waals surface area contributed by atoms with E-state index < -0.39 is 0 Å². The smallest absolute Gasteiger partial charge is 0.251 e. The van der Waals surface area contributed by atoms with E-state index in [4.69, 9.17) is 0 Å². The molecule has 4 unspecified atom stereocenters. The lowest BCUT2D eigenvalue weighted by Crippen LogP contribution is -2.29. The van der Waals surface area contributed by atoms with Crippen molar-refractivity contribution in [3.63, 3.8) is 0 Å². The van der Waals surface area contributed by atoms with Gasteiger partial charge in [-0.05, 0) is 67.9 Å². The Morgan fingerprint density at radius 1 is 1.16 bits per heavy atom. The number of nitrogens with zero attached hydrogens (tertiary/aromatic N) is 1. The average molecular weight is 334 g/mol. The van der Waals surface area contributed by atoms with Crippen LogP contribution in [0, 0.1) is 30.6 Å². The first kappa shape index (κ1) is 16.3. The molecule has 1 aromatic heterocycles. The number of nitrogens with one attached hydrogen (secondary N) is 1. The molecule has 3 nitrogen and oxygen atoms in total. The van der Waals surface area contributed by atoms with Crippen molar-refractivity contribution in [2.75, 3.05) is 5.32 Å². The highest BCUT2D eigenvalue weighted by atomic mass is 16.1. The van der Waals surface area contributed by atoms with Crippen LogP contribution in [0.1, 0.15) is 37.7 Å². The number of aromatic nitrogens is 1. The van der Waals surface area contributed by atoms with E-state index in [-0.39, 0.29) is 5.91 Å². The molecule has 3 aliphatic rings. The Bertz CT molecular complexity index is 746. The van der Waals surface area contributed by atoms with E-state index >= 15 is 0 Å². The maximum Gasteiger partial charge on any atom is 0.251 e. The molecule has 0 spiro atoms. The van der Waals surface area contributed by atoms with E-state index in [0.29, 0.717) is 23.7 Å². The number of hydrogen-bond acceptors (Lipinski definition) is 2.